The van der Waals surface area contributed by atoms with Gasteiger partial charge >= 0.3 is 0 Å². The van der Waals surface area contributed by atoms with Crippen molar-refractivity contribution in [1.82, 2.24) is 10.2 Å². The molecule has 1 unspecified atom stereocenters. The molecule has 0 radical (unpaired) electrons. The molecule has 3 atom stereocenters. The van der Waals surface area contributed by atoms with Gasteiger partial charge < -0.3 is 10.1 Å². The summed E-state index contributed by atoms with van der Waals surface area (Å²) in [6, 6.07) is 12.1. The minimum absolute atomic E-state index is 0.325. The van der Waals surface area contributed by atoms with E-state index in [9.17, 15) is 0 Å². The largest absolute Gasteiger partial charge is 0.373 e. The predicted octanol–water partition coefficient (Wildman–Crippen LogP) is 2.59. The van der Waals surface area contributed by atoms with Crippen LogP contribution in [-0.4, -0.2) is 42.8 Å². The van der Waals surface area contributed by atoms with E-state index in [2.05, 4.69) is 54.4 Å². The van der Waals surface area contributed by atoms with Crippen LogP contribution in [-0.2, 0) is 4.74 Å². The van der Waals surface area contributed by atoms with Crippen molar-refractivity contribution in [3.05, 3.63) is 35.9 Å². The van der Waals surface area contributed by atoms with E-state index in [4.69, 9.17) is 4.74 Å². The highest BCUT2D eigenvalue weighted by Gasteiger charge is 2.30. The van der Waals surface area contributed by atoms with Crippen molar-refractivity contribution in [2.75, 3.05) is 19.6 Å². The molecule has 1 saturated heterocycles. The van der Waals surface area contributed by atoms with Crippen molar-refractivity contribution in [3.8, 4) is 0 Å². The normalized spacial score (nSPS) is 29.3. The Morgan fingerprint density at radius 1 is 1.15 bits per heavy atom. The average Bonchev–Trinajstić information content (AvgIpc) is 3.23. The average molecular weight is 274 g/mol. The summed E-state index contributed by atoms with van der Waals surface area (Å²) in [7, 11) is 0. The molecule has 3 rings (SSSR count). The molecule has 1 aromatic carbocycles. The molecule has 0 bridgehead atoms. The van der Waals surface area contributed by atoms with Crippen LogP contribution in [0.25, 0.3) is 0 Å². The van der Waals surface area contributed by atoms with Crippen molar-refractivity contribution < 1.29 is 4.74 Å². The summed E-state index contributed by atoms with van der Waals surface area (Å²) >= 11 is 0. The quantitative estimate of drug-likeness (QED) is 0.893. The molecular formula is C17H26N2O. The molecule has 1 heterocycles. The Bertz CT molecular complexity index is 408. The van der Waals surface area contributed by atoms with E-state index in [1.165, 1.54) is 18.4 Å². The molecule has 2 aliphatic rings. The van der Waals surface area contributed by atoms with Crippen LogP contribution < -0.4 is 5.32 Å². The third-order valence-corrected chi connectivity index (χ3v) is 4.25. The molecule has 1 aromatic rings. The lowest BCUT2D eigenvalue weighted by Gasteiger charge is -2.40. The monoisotopic (exact) mass is 274 g/mol. The second-order valence-corrected chi connectivity index (χ2v) is 6.32. The van der Waals surface area contributed by atoms with Crippen molar-refractivity contribution in [2.24, 2.45) is 0 Å². The van der Waals surface area contributed by atoms with Gasteiger partial charge in [0.05, 0.1) is 12.2 Å². The Labute approximate surface area is 122 Å². The van der Waals surface area contributed by atoms with Crippen molar-refractivity contribution in [1.29, 1.82) is 0 Å². The summed E-state index contributed by atoms with van der Waals surface area (Å²) in [5.41, 5.74) is 1.42. The van der Waals surface area contributed by atoms with Crippen LogP contribution in [0.2, 0.25) is 0 Å². The number of nitrogens with one attached hydrogen (secondary N) is 1. The predicted molar refractivity (Wildman–Crippen MR) is 81.8 cm³/mol. The molecule has 1 aliphatic heterocycles. The zero-order chi connectivity index (χ0) is 13.9. The van der Waals surface area contributed by atoms with Gasteiger partial charge in [0.2, 0.25) is 0 Å². The highest BCUT2D eigenvalue weighted by atomic mass is 16.5. The first-order valence-corrected chi connectivity index (χ1v) is 7.90. The molecule has 3 heteroatoms. The summed E-state index contributed by atoms with van der Waals surface area (Å²) < 4.78 is 5.88. The molecular weight excluding hydrogens is 248 g/mol. The van der Waals surface area contributed by atoms with E-state index in [0.717, 1.165) is 25.7 Å². The third-order valence-electron chi connectivity index (χ3n) is 4.25. The minimum atomic E-state index is 0.325. The second kappa shape index (κ2) is 6.25. The first-order chi connectivity index (χ1) is 9.72. The van der Waals surface area contributed by atoms with E-state index in [0.29, 0.717) is 18.2 Å². The van der Waals surface area contributed by atoms with Crippen molar-refractivity contribution >= 4 is 0 Å². The first-order valence-electron chi connectivity index (χ1n) is 7.90. The summed E-state index contributed by atoms with van der Waals surface area (Å²) in [5.74, 6) is 0. The molecule has 110 valence electrons. The van der Waals surface area contributed by atoms with Gasteiger partial charge in [-0.25, -0.2) is 0 Å². The standard InChI is InChI=1S/C17H26N2O/c1-13-11-19(12-14(2)20-13)17(10-18-16-8-9-16)15-6-4-3-5-7-15/h3-7,13-14,16-18H,8-12H2,1-2H3/t13-,14+,17?. The lowest BCUT2D eigenvalue weighted by atomic mass is 10.0. The van der Waals surface area contributed by atoms with E-state index in [-0.39, 0.29) is 0 Å². The van der Waals surface area contributed by atoms with Gasteiger partial charge in [0.15, 0.2) is 0 Å². The maximum absolute atomic E-state index is 5.88. The van der Waals surface area contributed by atoms with Gasteiger partial charge in [-0.05, 0) is 32.3 Å². The van der Waals surface area contributed by atoms with Gasteiger partial charge in [0.1, 0.15) is 0 Å². The van der Waals surface area contributed by atoms with Gasteiger partial charge in [0.25, 0.3) is 0 Å². The van der Waals surface area contributed by atoms with Gasteiger partial charge in [-0.15, -0.1) is 0 Å². The van der Waals surface area contributed by atoms with Crippen LogP contribution in [0.4, 0.5) is 0 Å². The van der Waals surface area contributed by atoms with Gasteiger partial charge in [-0.3, -0.25) is 4.90 Å². The fraction of sp³-hybridized carbons (Fsp3) is 0.647. The number of benzene rings is 1. The lowest BCUT2D eigenvalue weighted by Crippen LogP contribution is -2.49. The topological polar surface area (TPSA) is 24.5 Å². The van der Waals surface area contributed by atoms with E-state index in [1.54, 1.807) is 0 Å². The summed E-state index contributed by atoms with van der Waals surface area (Å²) in [4.78, 5) is 2.59. The van der Waals surface area contributed by atoms with E-state index < -0.39 is 0 Å². The zero-order valence-corrected chi connectivity index (χ0v) is 12.6. The Kier molecular flexibility index (Phi) is 4.39. The number of nitrogens with zero attached hydrogens (tertiary/aromatic N) is 1. The fourth-order valence-corrected chi connectivity index (χ4v) is 3.17. The highest BCUT2D eigenvalue weighted by molar-refractivity contribution is 5.20. The number of rotatable bonds is 5. The van der Waals surface area contributed by atoms with E-state index >= 15 is 0 Å². The second-order valence-electron chi connectivity index (χ2n) is 6.32. The van der Waals surface area contributed by atoms with E-state index in [1.807, 2.05) is 0 Å². The zero-order valence-electron chi connectivity index (χ0n) is 12.6. The van der Waals surface area contributed by atoms with Gasteiger partial charge in [-0.2, -0.15) is 0 Å². The maximum atomic E-state index is 5.88. The van der Waals surface area contributed by atoms with Gasteiger partial charge in [-0.1, -0.05) is 30.3 Å². The fourth-order valence-electron chi connectivity index (χ4n) is 3.17. The Hall–Kier alpha value is -0.900. The van der Waals surface area contributed by atoms with Crippen LogP contribution in [0.3, 0.4) is 0 Å². The van der Waals surface area contributed by atoms with Crippen molar-refractivity contribution in [2.45, 2.75) is 51.0 Å². The molecule has 0 amide bonds. The maximum Gasteiger partial charge on any atom is 0.0678 e. The van der Waals surface area contributed by atoms with Crippen LogP contribution in [0, 0.1) is 0 Å². The lowest BCUT2D eigenvalue weighted by molar-refractivity contribution is -0.0807. The van der Waals surface area contributed by atoms with Crippen LogP contribution in [0.5, 0.6) is 0 Å². The first kappa shape index (κ1) is 14.1. The van der Waals surface area contributed by atoms with Crippen molar-refractivity contribution in [3.63, 3.8) is 0 Å². The Morgan fingerprint density at radius 2 is 1.80 bits per heavy atom. The molecule has 0 spiro atoms. The molecule has 20 heavy (non-hydrogen) atoms. The van der Waals surface area contributed by atoms with Gasteiger partial charge in [0, 0.05) is 31.7 Å². The van der Waals surface area contributed by atoms with Crippen LogP contribution in [0.15, 0.2) is 30.3 Å². The highest BCUT2D eigenvalue weighted by Crippen LogP contribution is 2.26. The number of ether oxygens (including phenoxy) is 1. The summed E-state index contributed by atoms with van der Waals surface area (Å²) in [6.07, 6.45) is 3.34. The molecule has 2 fully saturated rings. The minimum Gasteiger partial charge on any atom is -0.373 e. The SMILES string of the molecule is C[C@@H]1CN(C(CNC2CC2)c2ccccc2)C[C@H](C)O1. The molecule has 1 N–H and O–H groups in total. The number of hydrogen-bond donors (Lipinski definition) is 1. The molecule has 0 aromatic heterocycles. The third kappa shape index (κ3) is 3.60. The van der Waals surface area contributed by atoms with Crippen LogP contribution in [0.1, 0.15) is 38.3 Å². The number of hydrogen-bond acceptors (Lipinski definition) is 3. The number of morpholine rings is 1. The Balaban J connectivity index is 1.73. The molecule has 1 aliphatic carbocycles. The van der Waals surface area contributed by atoms with Crippen LogP contribution >= 0.6 is 0 Å². The Morgan fingerprint density at radius 3 is 2.40 bits per heavy atom. The summed E-state index contributed by atoms with van der Waals surface area (Å²) in [6.45, 7) is 7.46. The molecule has 3 nitrogen and oxygen atoms in total. The molecule has 1 saturated carbocycles. The smallest absolute Gasteiger partial charge is 0.0678 e. The summed E-state index contributed by atoms with van der Waals surface area (Å²) in [5, 5.41) is 3.70.